The Balaban J connectivity index is 1.81. The topological polar surface area (TPSA) is 143 Å². The van der Waals surface area contributed by atoms with E-state index in [1.165, 1.54) is 11.0 Å². The van der Waals surface area contributed by atoms with Gasteiger partial charge in [-0.15, -0.1) is 11.3 Å². The van der Waals surface area contributed by atoms with E-state index < -0.39 is 39.3 Å². The van der Waals surface area contributed by atoms with Crippen LogP contribution in [0, 0.1) is 11.8 Å². The summed E-state index contributed by atoms with van der Waals surface area (Å²) in [6, 6.07) is 6.51. The largest absolute Gasteiger partial charge is 0.462 e. The minimum atomic E-state index is -2.38. The van der Waals surface area contributed by atoms with Gasteiger partial charge in [-0.25, -0.2) is 14.4 Å². The molecule has 1 aromatic heterocycles. The summed E-state index contributed by atoms with van der Waals surface area (Å²) in [5.74, 6) is 3.72. The first-order valence-electron chi connectivity index (χ1n) is 13.5. The van der Waals surface area contributed by atoms with E-state index in [0.29, 0.717) is 35.4 Å². The Bertz CT molecular complexity index is 1470. The van der Waals surface area contributed by atoms with Crippen molar-refractivity contribution in [1.29, 1.82) is 0 Å². The minimum absolute atomic E-state index is 0.0592. The Morgan fingerprint density at radius 3 is 2.36 bits per heavy atom. The van der Waals surface area contributed by atoms with Crippen LogP contribution in [0.1, 0.15) is 71.0 Å². The van der Waals surface area contributed by atoms with Crippen LogP contribution in [0.15, 0.2) is 30.3 Å². The molecule has 0 spiro atoms. The molecule has 2 heterocycles. The number of benzene rings is 1. The number of ether oxygens (including phenoxy) is 2. The number of anilines is 1. The van der Waals surface area contributed by atoms with Gasteiger partial charge in [-0.1, -0.05) is 46.6 Å². The molecule has 0 unspecified atom stereocenters. The van der Waals surface area contributed by atoms with Crippen LogP contribution in [0.2, 0.25) is 0 Å². The predicted octanol–water partition coefficient (Wildman–Crippen LogP) is 5.47. The molecular formula is C29H31Cl3N4O7S. The average Bonchev–Trinajstić information content (AvgIpc) is 3.33. The molecule has 5 amide bonds. The summed E-state index contributed by atoms with van der Waals surface area (Å²) in [5.41, 5.74) is 0.358. The summed E-state index contributed by atoms with van der Waals surface area (Å²) in [6.45, 7) is 8.02. The normalized spacial score (nSPS) is 14.9. The highest BCUT2D eigenvalue weighted by molar-refractivity contribution is 7.15. The number of carbonyl (C=O) groups excluding carboxylic acids is 5. The zero-order chi connectivity index (χ0) is 32.7. The molecule has 3 N–H and O–H groups in total. The maximum Gasteiger partial charge on any atom is 0.410 e. The lowest BCUT2D eigenvalue weighted by Crippen LogP contribution is -2.50. The lowest BCUT2D eigenvalue weighted by Gasteiger charge is -2.34. The third-order valence-corrected chi connectivity index (χ3v) is 7.37. The van der Waals surface area contributed by atoms with Crippen LogP contribution >= 0.6 is 46.1 Å². The van der Waals surface area contributed by atoms with Gasteiger partial charge < -0.3 is 25.0 Å². The molecule has 11 nitrogen and oxygen atoms in total. The van der Waals surface area contributed by atoms with Crippen LogP contribution < -0.4 is 16.0 Å². The quantitative estimate of drug-likeness (QED) is 0.215. The SMILES string of the molecule is CCOC(=O)c1ccc(C#Cc2cc(NC(=O)NC(=O)C(Cl)(Cl)Cl)c(C(=O)N[C@H]3CCCN(C(=O)OC(C)(C)C)C3)s2)cc1. The maximum absolute atomic E-state index is 13.4. The zero-order valence-corrected chi connectivity index (χ0v) is 27.4. The molecule has 0 saturated carbocycles. The van der Waals surface area contributed by atoms with Gasteiger partial charge in [-0.3, -0.25) is 14.9 Å². The summed E-state index contributed by atoms with van der Waals surface area (Å²) in [7, 11) is 0. The molecule has 1 aliphatic rings. The lowest BCUT2D eigenvalue weighted by molar-refractivity contribution is -0.119. The zero-order valence-electron chi connectivity index (χ0n) is 24.3. The van der Waals surface area contributed by atoms with Crippen LogP contribution in [-0.2, 0) is 14.3 Å². The van der Waals surface area contributed by atoms with E-state index in [1.807, 2.05) is 5.32 Å². The molecule has 0 radical (unpaired) electrons. The summed E-state index contributed by atoms with van der Waals surface area (Å²) in [5, 5.41) is 7.24. The van der Waals surface area contributed by atoms with Crippen LogP contribution in [0.3, 0.4) is 0 Å². The first-order valence-corrected chi connectivity index (χ1v) is 15.4. The first kappa shape index (κ1) is 35.0. The molecule has 1 saturated heterocycles. The van der Waals surface area contributed by atoms with Crippen molar-refractivity contribution in [2.24, 2.45) is 0 Å². The molecule has 3 rings (SSSR count). The highest BCUT2D eigenvalue weighted by Gasteiger charge is 2.33. The fourth-order valence-electron chi connectivity index (χ4n) is 3.92. The van der Waals surface area contributed by atoms with Gasteiger partial charge in [0, 0.05) is 24.7 Å². The third-order valence-electron chi connectivity index (χ3n) is 5.81. The van der Waals surface area contributed by atoms with Crippen molar-refractivity contribution < 1.29 is 33.4 Å². The second-order valence-corrected chi connectivity index (χ2v) is 13.9. The summed E-state index contributed by atoms with van der Waals surface area (Å²) in [4.78, 5) is 64.4. The number of thiophene rings is 1. The predicted molar refractivity (Wildman–Crippen MR) is 168 cm³/mol. The molecule has 44 heavy (non-hydrogen) atoms. The Morgan fingerprint density at radius 2 is 1.75 bits per heavy atom. The van der Waals surface area contributed by atoms with E-state index in [-0.39, 0.29) is 29.8 Å². The second-order valence-electron chi connectivity index (χ2n) is 10.5. The van der Waals surface area contributed by atoms with Crippen molar-refractivity contribution in [3.63, 3.8) is 0 Å². The highest BCUT2D eigenvalue weighted by atomic mass is 35.6. The Hall–Kier alpha value is -3.50. The number of piperidine rings is 1. The van der Waals surface area contributed by atoms with Crippen molar-refractivity contribution in [2.45, 2.75) is 56.0 Å². The molecule has 1 aliphatic heterocycles. The number of hydrogen-bond donors (Lipinski definition) is 3. The van der Waals surface area contributed by atoms with Crippen molar-refractivity contribution in [1.82, 2.24) is 15.5 Å². The molecule has 0 bridgehead atoms. The molecule has 0 aliphatic carbocycles. The summed E-state index contributed by atoms with van der Waals surface area (Å²) in [6.07, 6.45) is 0.789. The van der Waals surface area contributed by atoms with E-state index in [9.17, 15) is 24.0 Å². The summed E-state index contributed by atoms with van der Waals surface area (Å²) < 4.78 is 8.06. The molecule has 2 aromatic rings. The number of esters is 1. The van der Waals surface area contributed by atoms with Gasteiger partial charge in [0.25, 0.3) is 15.6 Å². The molecule has 15 heteroatoms. The fraction of sp³-hybridized carbons (Fsp3) is 0.414. The van der Waals surface area contributed by atoms with Crippen molar-refractivity contribution >= 4 is 81.7 Å². The number of alkyl halides is 3. The van der Waals surface area contributed by atoms with Gasteiger partial charge in [0.2, 0.25) is 0 Å². The first-order chi connectivity index (χ1) is 20.6. The fourth-order valence-corrected chi connectivity index (χ4v) is 4.93. The van der Waals surface area contributed by atoms with E-state index in [2.05, 4.69) is 22.5 Å². The van der Waals surface area contributed by atoms with E-state index in [0.717, 1.165) is 11.3 Å². The third kappa shape index (κ3) is 10.6. The van der Waals surface area contributed by atoms with Gasteiger partial charge in [0.1, 0.15) is 10.5 Å². The van der Waals surface area contributed by atoms with Crippen LogP contribution in [0.4, 0.5) is 15.3 Å². The number of nitrogens with one attached hydrogen (secondary N) is 3. The highest BCUT2D eigenvalue weighted by Crippen LogP contribution is 2.29. The Kier molecular flexibility index (Phi) is 11.9. The number of rotatable bonds is 5. The number of amides is 5. The van der Waals surface area contributed by atoms with Crippen LogP contribution in [0.5, 0.6) is 0 Å². The van der Waals surface area contributed by atoms with E-state index in [1.54, 1.807) is 52.0 Å². The van der Waals surface area contributed by atoms with Crippen molar-refractivity contribution in [2.75, 3.05) is 25.0 Å². The molecular weight excluding hydrogens is 655 g/mol. The number of nitrogens with zero attached hydrogens (tertiary/aromatic N) is 1. The standard InChI is InChI=1S/C29H31Cl3N4O7S/c1-5-42-24(38)18-11-8-17(9-12-18)10-13-20-15-21(34-26(40)35-25(39)29(30,31)32)22(44-20)23(37)33-19-7-6-14-36(16-19)27(41)43-28(2,3)4/h8-9,11-12,15,19H,5-7,14,16H2,1-4H3,(H,33,37)(H2,34,35,39,40)/t19-/m0/s1. The Labute approximate surface area is 273 Å². The molecule has 1 fully saturated rings. The summed E-state index contributed by atoms with van der Waals surface area (Å²) >= 11 is 17.6. The number of halogens is 3. The second kappa shape index (κ2) is 15.0. The smallest absolute Gasteiger partial charge is 0.410 e. The van der Waals surface area contributed by atoms with Crippen LogP contribution in [-0.4, -0.2) is 69.9 Å². The number of likely N-dealkylation sites (tertiary alicyclic amines) is 1. The lowest BCUT2D eigenvalue weighted by atomic mass is 10.1. The Morgan fingerprint density at radius 1 is 1.07 bits per heavy atom. The number of imide groups is 1. The van der Waals surface area contributed by atoms with Gasteiger partial charge in [-0.2, -0.15) is 0 Å². The van der Waals surface area contributed by atoms with Crippen molar-refractivity contribution in [3.05, 3.63) is 51.2 Å². The van der Waals surface area contributed by atoms with Gasteiger partial charge >= 0.3 is 18.1 Å². The van der Waals surface area contributed by atoms with Crippen LogP contribution in [0.25, 0.3) is 0 Å². The van der Waals surface area contributed by atoms with Gasteiger partial charge in [-0.05, 0) is 70.9 Å². The number of urea groups is 1. The van der Waals surface area contributed by atoms with E-state index >= 15 is 0 Å². The monoisotopic (exact) mass is 684 g/mol. The molecule has 1 atom stereocenters. The number of hydrogen-bond acceptors (Lipinski definition) is 8. The number of carbonyl (C=O) groups is 5. The van der Waals surface area contributed by atoms with Gasteiger partial charge in [0.05, 0.1) is 22.7 Å². The van der Waals surface area contributed by atoms with Gasteiger partial charge in [0.15, 0.2) is 0 Å². The molecule has 236 valence electrons. The average molecular weight is 686 g/mol. The maximum atomic E-state index is 13.4. The minimum Gasteiger partial charge on any atom is -0.462 e. The molecule has 1 aromatic carbocycles. The van der Waals surface area contributed by atoms with E-state index in [4.69, 9.17) is 44.3 Å². The van der Waals surface area contributed by atoms with Crippen molar-refractivity contribution in [3.8, 4) is 11.8 Å².